The first-order valence-corrected chi connectivity index (χ1v) is 5.15. The van der Waals surface area contributed by atoms with Crippen LogP contribution in [0.1, 0.15) is 19.8 Å². The van der Waals surface area contributed by atoms with Gasteiger partial charge in [-0.25, -0.2) is 0 Å². The largest absolute Gasteiger partial charge is 0.273 e. The van der Waals surface area contributed by atoms with E-state index in [0.717, 1.165) is 10.5 Å². The van der Waals surface area contributed by atoms with E-state index in [1.807, 2.05) is 23.1 Å². The number of aryl methyl sites for hydroxylation is 1. The monoisotopic (exact) mass is 264 g/mol. The molecule has 0 fully saturated rings. The lowest BCUT2D eigenvalue weighted by atomic mass is 10.2. The Balaban J connectivity index is 2.14. The first-order valence-electron chi connectivity index (χ1n) is 3.90. The lowest BCUT2D eigenvalue weighted by molar-refractivity contribution is 0.560. The fraction of sp³-hybridized carbons (Fsp3) is 0.625. The number of rotatable bonds is 4. The predicted molar refractivity (Wildman–Crippen MR) is 54.9 cm³/mol. The van der Waals surface area contributed by atoms with Crippen LogP contribution in [0.4, 0.5) is 0 Å². The van der Waals surface area contributed by atoms with Crippen molar-refractivity contribution < 1.29 is 0 Å². The molecule has 0 spiro atoms. The molecule has 0 aliphatic carbocycles. The summed E-state index contributed by atoms with van der Waals surface area (Å²) in [5, 5.41) is 4.13. The molecule has 1 rings (SSSR count). The summed E-state index contributed by atoms with van der Waals surface area (Å²) in [5.41, 5.74) is 0. The second kappa shape index (κ2) is 4.74. The second-order valence-corrected chi connectivity index (χ2v) is 4.82. The minimum absolute atomic E-state index is 0.781. The van der Waals surface area contributed by atoms with E-state index in [1.54, 1.807) is 0 Å². The van der Waals surface area contributed by atoms with Crippen molar-refractivity contribution in [3.8, 4) is 0 Å². The van der Waals surface area contributed by atoms with Crippen LogP contribution >= 0.6 is 22.6 Å². The fourth-order valence-electron chi connectivity index (χ4n) is 0.967. The van der Waals surface area contributed by atoms with E-state index in [2.05, 4.69) is 34.6 Å². The molecule has 1 unspecified atom stereocenters. The Morgan fingerprint density at radius 3 is 3.00 bits per heavy atom. The summed E-state index contributed by atoms with van der Waals surface area (Å²) >= 11 is 2.45. The fourth-order valence-corrected chi connectivity index (χ4v) is 1.41. The van der Waals surface area contributed by atoms with Crippen molar-refractivity contribution in [3.63, 3.8) is 0 Å². The van der Waals surface area contributed by atoms with Crippen LogP contribution in [0, 0.1) is 0 Å². The first kappa shape index (κ1) is 9.03. The minimum atomic E-state index is 0.781. The van der Waals surface area contributed by atoms with Gasteiger partial charge in [0.05, 0.1) is 0 Å². The highest BCUT2D eigenvalue weighted by Gasteiger charge is 1.95. The summed E-state index contributed by atoms with van der Waals surface area (Å²) in [6, 6.07) is 1.97. The highest BCUT2D eigenvalue weighted by Crippen LogP contribution is 2.07. The maximum absolute atomic E-state index is 4.13. The minimum Gasteiger partial charge on any atom is -0.273 e. The average Bonchev–Trinajstić information content (AvgIpc) is 2.39. The van der Waals surface area contributed by atoms with Gasteiger partial charge in [0.25, 0.3) is 0 Å². The van der Waals surface area contributed by atoms with Crippen LogP contribution in [0.5, 0.6) is 0 Å². The number of hydrogen-bond acceptors (Lipinski definition) is 1. The molecule has 1 aromatic heterocycles. The van der Waals surface area contributed by atoms with E-state index in [9.17, 15) is 0 Å². The van der Waals surface area contributed by atoms with Gasteiger partial charge in [0.1, 0.15) is 0 Å². The molecule has 1 atom stereocenters. The summed E-state index contributed by atoms with van der Waals surface area (Å²) in [5.74, 6) is 0. The van der Waals surface area contributed by atoms with Gasteiger partial charge >= 0.3 is 0 Å². The van der Waals surface area contributed by atoms with Crippen molar-refractivity contribution >= 4 is 22.6 Å². The highest BCUT2D eigenvalue weighted by molar-refractivity contribution is 14.1. The van der Waals surface area contributed by atoms with Crippen molar-refractivity contribution in [1.29, 1.82) is 0 Å². The quantitative estimate of drug-likeness (QED) is 0.603. The normalized spacial score (nSPS) is 13.3. The molecule has 0 aliphatic rings. The standard InChI is InChI=1S/C8H13IN2/c1-8(9)4-2-6-11-7-3-5-10-11/h3,5,7-8H,2,4,6H2,1H3. The Bertz CT molecular complexity index is 182. The molecule has 0 saturated carbocycles. The highest BCUT2D eigenvalue weighted by atomic mass is 127. The molecule has 0 N–H and O–H groups in total. The summed E-state index contributed by atoms with van der Waals surface area (Å²) in [7, 11) is 0. The van der Waals surface area contributed by atoms with E-state index in [0.29, 0.717) is 0 Å². The number of aromatic nitrogens is 2. The van der Waals surface area contributed by atoms with Gasteiger partial charge in [-0.1, -0.05) is 29.5 Å². The molecule has 2 nitrogen and oxygen atoms in total. The molecule has 0 aromatic carbocycles. The number of alkyl halides is 1. The third-order valence-corrected chi connectivity index (χ3v) is 2.17. The molecule has 1 heterocycles. The van der Waals surface area contributed by atoms with Gasteiger partial charge in [-0.3, -0.25) is 4.68 Å². The van der Waals surface area contributed by atoms with Crippen LogP contribution in [-0.4, -0.2) is 13.7 Å². The van der Waals surface area contributed by atoms with E-state index in [1.165, 1.54) is 12.8 Å². The average molecular weight is 264 g/mol. The van der Waals surface area contributed by atoms with Gasteiger partial charge in [0.2, 0.25) is 0 Å². The summed E-state index contributed by atoms with van der Waals surface area (Å²) in [4.78, 5) is 0. The van der Waals surface area contributed by atoms with Crippen LogP contribution in [0.2, 0.25) is 0 Å². The Kier molecular flexibility index (Phi) is 3.90. The smallest absolute Gasteiger partial charge is 0.0489 e. The number of nitrogens with zero attached hydrogens (tertiary/aromatic N) is 2. The Morgan fingerprint density at radius 2 is 2.45 bits per heavy atom. The molecular formula is C8H13IN2. The molecule has 62 valence electrons. The van der Waals surface area contributed by atoms with E-state index >= 15 is 0 Å². The molecule has 0 saturated heterocycles. The van der Waals surface area contributed by atoms with Gasteiger partial charge in [0, 0.05) is 22.9 Å². The lowest BCUT2D eigenvalue weighted by Crippen LogP contribution is -2.00. The SMILES string of the molecule is CC(I)CCCn1cccn1. The lowest BCUT2D eigenvalue weighted by Gasteiger charge is -2.02. The van der Waals surface area contributed by atoms with Crippen molar-refractivity contribution in [2.75, 3.05) is 0 Å². The zero-order valence-electron chi connectivity index (χ0n) is 6.70. The van der Waals surface area contributed by atoms with Gasteiger partial charge in [-0.05, 0) is 18.9 Å². The predicted octanol–water partition coefficient (Wildman–Crippen LogP) is 2.49. The summed E-state index contributed by atoms with van der Waals surface area (Å²) < 4.78 is 2.77. The summed E-state index contributed by atoms with van der Waals surface area (Å²) in [6.07, 6.45) is 6.34. The van der Waals surface area contributed by atoms with Crippen LogP contribution in [-0.2, 0) is 6.54 Å². The number of hydrogen-bond donors (Lipinski definition) is 0. The van der Waals surface area contributed by atoms with Crippen molar-refractivity contribution in [2.24, 2.45) is 0 Å². The maximum atomic E-state index is 4.13. The third-order valence-electron chi connectivity index (χ3n) is 1.55. The molecule has 0 bridgehead atoms. The zero-order chi connectivity index (χ0) is 8.10. The molecule has 1 aromatic rings. The molecule has 0 radical (unpaired) electrons. The Hall–Kier alpha value is -0.0600. The topological polar surface area (TPSA) is 17.8 Å². The zero-order valence-corrected chi connectivity index (χ0v) is 8.86. The van der Waals surface area contributed by atoms with Crippen molar-refractivity contribution in [3.05, 3.63) is 18.5 Å². The van der Waals surface area contributed by atoms with Crippen LogP contribution in [0.3, 0.4) is 0 Å². The van der Waals surface area contributed by atoms with Crippen LogP contribution < -0.4 is 0 Å². The molecule has 3 heteroatoms. The van der Waals surface area contributed by atoms with E-state index in [4.69, 9.17) is 0 Å². The Morgan fingerprint density at radius 1 is 1.64 bits per heavy atom. The van der Waals surface area contributed by atoms with E-state index in [-0.39, 0.29) is 0 Å². The summed E-state index contributed by atoms with van der Waals surface area (Å²) in [6.45, 7) is 3.30. The third kappa shape index (κ3) is 3.74. The molecular weight excluding hydrogens is 251 g/mol. The Labute approximate surface area is 81.1 Å². The van der Waals surface area contributed by atoms with Gasteiger partial charge in [-0.2, -0.15) is 5.10 Å². The van der Waals surface area contributed by atoms with Gasteiger partial charge in [-0.15, -0.1) is 0 Å². The molecule has 0 amide bonds. The van der Waals surface area contributed by atoms with E-state index < -0.39 is 0 Å². The number of halogens is 1. The van der Waals surface area contributed by atoms with Crippen molar-refractivity contribution in [2.45, 2.75) is 30.2 Å². The van der Waals surface area contributed by atoms with Gasteiger partial charge < -0.3 is 0 Å². The van der Waals surface area contributed by atoms with Crippen molar-refractivity contribution in [1.82, 2.24) is 9.78 Å². The molecule has 11 heavy (non-hydrogen) atoms. The van der Waals surface area contributed by atoms with Crippen LogP contribution in [0.15, 0.2) is 18.5 Å². The molecule has 0 aliphatic heterocycles. The van der Waals surface area contributed by atoms with Crippen LogP contribution in [0.25, 0.3) is 0 Å². The first-order chi connectivity index (χ1) is 5.29. The van der Waals surface area contributed by atoms with Gasteiger partial charge in [0.15, 0.2) is 0 Å². The second-order valence-electron chi connectivity index (χ2n) is 2.69. The maximum Gasteiger partial charge on any atom is 0.0489 e.